The van der Waals surface area contributed by atoms with E-state index < -0.39 is 0 Å². The van der Waals surface area contributed by atoms with Crippen molar-refractivity contribution in [1.29, 1.82) is 0 Å². The smallest absolute Gasteiger partial charge is 0.258 e. The second-order valence-electron chi connectivity index (χ2n) is 11.3. The van der Waals surface area contributed by atoms with Crippen LogP contribution in [0.5, 0.6) is 0 Å². The number of carbonyl (C=O) groups excluding carboxylic acids is 1. The predicted octanol–water partition coefficient (Wildman–Crippen LogP) is 6.29. The number of hydrogen-bond acceptors (Lipinski definition) is 6. The molecule has 0 bridgehead atoms. The summed E-state index contributed by atoms with van der Waals surface area (Å²) in [5.41, 5.74) is 9.15. The summed E-state index contributed by atoms with van der Waals surface area (Å²) in [6.07, 6.45) is 3.33. The summed E-state index contributed by atoms with van der Waals surface area (Å²) in [7, 11) is 2.22. The van der Waals surface area contributed by atoms with Crippen molar-refractivity contribution in [3.8, 4) is 22.5 Å². The molecule has 0 N–H and O–H groups in total. The molecule has 4 heterocycles. The SMILES string of the molecule is Cc1nc(-c2ccc(-c3ccc(C(=O)N4CCc5cc6c(cc54)C4(CCN(C)CC4)CS6)cc3)c(C)c2)no1. The van der Waals surface area contributed by atoms with Crippen LogP contribution in [0.15, 0.2) is 64.0 Å². The molecule has 3 aliphatic heterocycles. The number of piperidine rings is 1. The molecular formula is C32H32N4O2S. The lowest BCUT2D eigenvalue weighted by molar-refractivity contribution is 0.0989. The van der Waals surface area contributed by atoms with E-state index in [0.29, 0.717) is 11.7 Å². The third-order valence-electron chi connectivity index (χ3n) is 8.80. The summed E-state index contributed by atoms with van der Waals surface area (Å²) in [4.78, 5) is 23.9. The molecule has 7 heteroatoms. The first-order chi connectivity index (χ1) is 18.9. The third-order valence-corrected chi connectivity index (χ3v) is 10.1. The summed E-state index contributed by atoms with van der Waals surface area (Å²) < 4.78 is 5.13. The van der Waals surface area contributed by atoms with E-state index in [1.807, 2.05) is 34.9 Å². The summed E-state index contributed by atoms with van der Waals surface area (Å²) in [5, 5.41) is 4.03. The number of benzene rings is 3. The van der Waals surface area contributed by atoms with Crippen molar-refractivity contribution in [2.45, 2.75) is 43.4 Å². The van der Waals surface area contributed by atoms with E-state index in [1.165, 1.54) is 34.6 Å². The van der Waals surface area contributed by atoms with Crippen LogP contribution in [-0.4, -0.2) is 53.4 Å². The maximum Gasteiger partial charge on any atom is 0.258 e. The molecule has 0 saturated carbocycles. The molecule has 1 amide bonds. The van der Waals surface area contributed by atoms with Crippen molar-refractivity contribution in [3.05, 3.63) is 82.7 Å². The van der Waals surface area contributed by atoms with E-state index >= 15 is 0 Å². The average molecular weight is 537 g/mol. The summed E-state index contributed by atoms with van der Waals surface area (Å²) >= 11 is 2.01. The van der Waals surface area contributed by atoms with E-state index in [2.05, 4.69) is 65.4 Å². The highest BCUT2D eigenvalue weighted by molar-refractivity contribution is 7.99. The van der Waals surface area contributed by atoms with Crippen molar-refractivity contribution in [1.82, 2.24) is 15.0 Å². The Morgan fingerprint density at radius 1 is 0.974 bits per heavy atom. The number of aryl methyl sites for hydroxylation is 2. The van der Waals surface area contributed by atoms with Crippen LogP contribution < -0.4 is 4.90 Å². The number of fused-ring (bicyclic) bond motifs is 3. The molecule has 198 valence electrons. The molecule has 1 fully saturated rings. The molecule has 0 unspecified atom stereocenters. The molecule has 1 spiro atoms. The minimum atomic E-state index is 0.0860. The molecule has 0 atom stereocenters. The molecule has 7 rings (SSSR count). The topological polar surface area (TPSA) is 62.5 Å². The zero-order valence-corrected chi connectivity index (χ0v) is 23.5. The van der Waals surface area contributed by atoms with Crippen LogP contribution in [0.1, 0.15) is 45.8 Å². The molecule has 0 radical (unpaired) electrons. The van der Waals surface area contributed by atoms with Crippen molar-refractivity contribution in [2.24, 2.45) is 0 Å². The van der Waals surface area contributed by atoms with Gasteiger partial charge < -0.3 is 14.3 Å². The van der Waals surface area contributed by atoms with Gasteiger partial charge in [0.15, 0.2) is 0 Å². The van der Waals surface area contributed by atoms with Gasteiger partial charge in [-0.15, -0.1) is 11.8 Å². The standard InChI is InChI=1S/C32H32N4O2S/c1-20-16-25(30-33-21(2)38-34-30)8-9-26(20)22-4-6-23(7-5-22)31(37)36-13-10-24-17-29-27(18-28(24)36)32(19-39-29)11-14-35(3)15-12-32/h4-9,16-18H,10-15,19H2,1-3H3. The summed E-state index contributed by atoms with van der Waals surface area (Å²) in [6, 6.07) is 19.0. The molecular weight excluding hydrogens is 504 g/mol. The number of carbonyl (C=O) groups is 1. The fraction of sp³-hybridized carbons (Fsp3) is 0.344. The molecule has 4 aromatic rings. The predicted molar refractivity (Wildman–Crippen MR) is 156 cm³/mol. The van der Waals surface area contributed by atoms with E-state index in [9.17, 15) is 4.79 Å². The number of thioether (sulfide) groups is 1. The minimum absolute atomic E-state index is 0.0860. The quantitative estimate of drug-likeness (QED) is 0.307. The molecule has 3 aromatic carbocycles. The lowest BCUT2D eigenvalue weighted by Crippen LogP contribution is -2.41. The minimum Gasteiger partial charge on any atom is -0.339 e. The van der Waals surface area contributed by atoms with Crippen molar-refractivity contribution >= 4 is 23.4 Å². The van der Waals surface area contributed by atoms with Crippen molar-refractivity contribution < 1.29 is 9.32 Å². The Bertz CT molecular complexity index is 1580. The number of rotatable bonds is 3. The van der Waals surface area contributed by atoms with Gasteiger partial charge in [0.05, 0.1) is 0 Å². The number of nitrogens with zero attached hydrogens (tertiary/aromatic N) is 4. The Morgan fingerprint density at radius 3 is 2.46 bits per heavy atom. The number of amides is 1. The Balaban J connectivity index is 1.13. The summed E-state index contributed by atoms with van der Waals surface area (Å²) in [6.45, 7) is 6.91. The monoisotopic (exact) mass is 536 g/mol. The second kappa shape index (κ2) is 9.35. The molecule has 0 aliphatic carbocycles. The van der Waals surface area contributed by atoms with Crippen molar-refractivity contribution in [3.63, 3.8) is 0 Å². The fourth-order valence-electron chi connectivity index (χ4n) is 6.40. The van der Waals surface area contributed by atoms with E-state index in [0.717, 1.165) is 59.6 Å². The van der Waals surface area contributed by atoms with Gasteiger partial charge in [0.2, 0.25) is 11.7 Å². The third kappa shape index (κ3) is 4.19. The highest BCUT2D eigenvalue weighted by Crippen LogP contribution is 2.52. The van der Waals surface area contributed by atoms with E-state index in [-0.39, 0.29) is 11.3 Å². The van der Waals surface area contributed by atoms with Gasteiger partial charge in [-0.3, -0.25) is 4.79 Å². The number of hydrogen-bond donors (Lipinski definition) is 0. The van der Waals surface area contributed by atoms with Gasteiger partial charge in [0.25, 0.3) is 5.91 Å². The van der Waals surface area contributed by atoms with Gasteiger partial charge in [-0.25, -0.2) is 0 Å². The lowest BCUT2D eigenvalue weighted by atomic mass is 9.74. The van der Waals surface area contributed by atoms with Gasteiger partial charge in [-0.05, 0) is 104 Å². The Labute approximate surface area is 233 Å². The molecule has 1 aromatic heterocycles. The zero-order valence-electron chi connectivity index (χ0n) is 22.7. The summed E-state index contributed by atoms with van der Waals surface area (Å²) in [5.74, 6) is 2.41. The first-order valence-corrected chi connectivity index (χ1v) is 14.7. The van der Waals surface area contributed by atoms with Gasteiger partial charge in [0.1, 0.15) is 0 Å². The molecule has 39 heavy (non-hydrogen) atoms. The van der Waals surface area contributed by atoms with Crippen LogP contribution in [-0.2, 0) is 11.8 Å². The van der Waals surface area contributed by atoms with Gasteiger partial charge >= 0.3 is 0 Å². The van der Waals surface area contributed by atoms with Crippen LogP contribution in [0, 0.1) is 13.8 Å². The van der Waals surface area contributed by atoms with Crippen LogP contribution in [0.3, 0.4) is 0 Å². The van der Waals surface area contributed by atoms with Crippen LogP contribution >= 0.6 is 11.8 Å². The first kappa shape index (κ1) is 24.6. The maximum absolute atomic E-state index is 13.7. The zero-order chi connectivity index (χ0) is 26.7. The van der Waals surface area contributed by atoms with Crippen LogP contribution in [0.2, 0.25) is 0 Å². The van der Waals surface area contributed by atoms with E-state index in [1.54, 1.807) is 6.92 Å². The van der Waals surface area contributed by atoms with Crippen molar-refractivity contribution in [2.75, 3.05) is 37.3 Å². The van der Waals surface area contributed by atoms with Crippen LogP contribution in [0.25, 0.3) is 22.5 Å². The van der Waals surface area contributed by atoms with Gasteiger partial charge in [0, 0.05) is 46.3 Å². The normalized spacial score (nSPS) is 18.0. The highest BCUT2D eigenvalue weighted by Gasteiger charge is 2.42. The first-order valence-electron chi connectivity index (χ1n) is 13.7. The van der Waals surface area contributed by atoms with Gasteiger partial charge in [-0.1, -0.05) is 29.4 Å². The molecule has 3 aliphatic rings. The molecule has 6 nitrogen and oxygen atoms in total. The largest absolute Gasteiger partial charge is 0.339 e. The average Bonchev–Trinajstić information content (AvgIpc) is 3.66. The van der Waals surface area contributed by atoms with Crippen LogP contribution in [0.4, 0.5) is 5.69 Å². The van der Waals surface area contributed by atoms with Gasteiger partial charge in [-0.2, -0.15) is 4.98 Å². The number of aromatic nitrogens is 2. The second-order valence-corrected chi connectivity index (χ2v) is 12.3. The Hall–Kier alpha value is -3.42. The lowest BCUT2D eigenvalue weighted by Gasteiger charge is -2.38. The number of anilines is 1. The molecule has 1 saturated heterocycles. The highest BCUT2D eigenvalue weighted by atomic mass is 32.2. The Morgan fingerprint density at radius 2 is 1.74 bits per heavy atom. The maximum atomic E-state index is 13.7. The van der Waals surface area contributed by atoms with E-state index in [4.69, 9.17) is 4.52 Å². The number of likely N-dealkylation sites (tertiary alicyclic amines) is 1. The fourth-order valence-corrected chi connectivity index (χ4v) is 7.94. The Kier molecular flexibility index (Phi) is 5.90.